The molecule has 2 aromatic carbocycles. The third-order valence-electron chi connectivity index (χ3n) is 3.00. The Bertz CT molecular complexity index is 671. The quantitative estimate of drug-likeness (QED) is 0.900. The van der Waals surface area contributed by atoms with E-state index < -0.39 is 0 Å². The maximum Gasteiger partial charge on any atom is 0.228 e. The number of carbonyl (C=O) groups is 1. The second kappa shape index (κ2) is 6.83. The molecule has 21 heavy (non-hydrogen) atoms. The van der Waals surface area contributed by atoms with Crippen LogP contribution in [0.4, 0.5) is 5.69 Å². The second-order valence-electron chi connectivity index (χ2n) is 4.66. The third kappa shape index (κ3) is 4.13. The van der Waals surface area contributed by atoms with Gasteiger partial charge in [0.25, 0.3) is 0 Å². The van der Waals surface area contributed by atoms with E-state index in [4.69, 9.17) is 27.9 Å². The van der Waals surface area contributed by atoms with E-state index in [1.54, 1.807) is 25.3 Å². The van der Waals surface area contributed by atoms with Gasteiger partial charge in [-0.15, -0.1) is 0 Å². The number of ether oxygens (including phenoxy) is 1. The molecule has 0 aromatic heterocycles. The Labute approximate surface area is 133 Å². The molecule has 0 spiro atoms. The largest absolute Gasteiger partial charge is 0.495 e. The zero-order valence-corrected chi connectivity index (χ0v) is 13.3. The van der Waals surface area contributed by atoms with Gasteiger partial charge in [-0.25, -0.2) is 0 Å². The fraction of sp³-hybridized carbons (Fsp3) is 0.188. The molecule has 1 amide bonds. The third-order valence-corrected chi connectivity index (χ3v) is 3.58. The van der Waals surface area contributed by atoms with Gasteiger partial charge in [0.2, 0.25) is 5.91 Å². The lowest BCUT2D eigenvalue weighted by Crippen LogP contribution is -2.15. The van der Waals surface area contributed by atoms with Gasteiger partial charge < -0.3 is 10.1 Å². The van der Waals surface area contributed by atoms with Crippen LogP contribution in [0.3, 0.4) is 0 Å². The first-order valence-corrected chi connectivity index (χ1v) is 7.13. The fourth-order valence-electron chi connectivity index (χ4n) is 1.95. The lowest BCUT2D eigenvalue weighted by Gasteiger charge is -2.11. The van der Waals surface area contributed by atoms with E-state index in [0.717, 1.165) is 11.1 Å². The lowest BCUT2D eigenvalue weighted by atomic mass is 10.1. The van der Waals surface area contributed by atoms with E-state index in [0.29, 0.717) is 21.5 Å². The Kier molecular flexibility index (Phi) is 5.10. The summed E-state index contributed by atoms with van der Waals surface area (Å²) >= 11 is 11.9. The SMILES string of the molecule is COc1ccc(C)cc1NC(=O)Cc1ccc(Cl)cc1Cl. The van der Waals surface area contributed by atoms with Crippen LogP contribution in [0.5, 0.6) is 5.75 Å². The van der Waals surface area contributed by atoms with E-state index in [9.17, 15) is 4.79 Å². The molecule has 5 heteroatoms. The zero-order chi connectivity index (χ0) is 15.4. The standard InChI is InChI=1S/C16H15Cl2NO2/c1-10-3-6-15(21-2)14(7-10)19-16(20)8-11-4-5-12(17)9-13(11)18/h3-7,9H,8H2,1-2H3,(H,19,20). The van der Waals surface area contributed by atoms with Crippen molar-refractivity contribution in [1.29, 1.82) is 0 Å². The minimum atomic E-state index is -0.164. The predicted molar refractivity (Wildman–Crippen MR) is 86.5 cm³/mol. The van der Waals surface area contributed by atoms with Gasteiger partial charge in [0.05, 0.1) is 19.2 Å². The molecule has 0 fully saturated rings. The first-order chi connectivity index (χ1) is 9.99. The molecule has 0 radical (unpaired) electrons. The number of aryl methyl sites for hydroxylation is 1. The van der Waals surface area contributed by atoms with Crippen molar-refractivity contribution in [3.8, 4) is 5.75 Å². The van der Waals surface area contributed by atoms with Crippen LogP contribution in [0.25, 0.3) is 0 Å². The van der Waals surface area contributed by atoms with E-state index in [2.05, 4.69) is 5.32 Å². The lowest BCUT2D eigenvalue weighted by molar-refractivity contribution is -0.115. The van der Waals surface area contributed by atoms with Crippen LogP contribution >= 0.6 is 23.2 Å². The van der Waals surface area contributed by atoms with Crippen molar-refractivity contribution in [2.75, 3.05) is 12.4 Å². The normalized spacial score (nSPS) is 10.3. The van der Waals surface area contributed by atoms with Gasteiger partial charge in [-0.05, 0) is 42.3 Å². The molecule has 2 aromatic rings. The van der Waals surface area contributed by atoms with Crippen molar-refractivity contribution in [1.82, 2.24) is 0 Å². The minimum absolute atomic E-state index is 0.164. The average Bonchev–Trinajstić information content (AvgIpc) is 2.42. The van der Waals surface area contributed by atoms with E-state index in [1.807, 2.05) is 25.1 Å². The summed E-state index contributed by atoms with van der Waals surface area (Å²) in [5.41, 5.74) is 2.41. The number of benzene rings is 2. The van der Waals surface area contributed by atoms with Crippen LogP contribution in [0.15, 0.2) is 36.4 Å². The zero-order valence-electron chi connectivity index (χ0n) is 11.7. The molecule has 0 saturated carbocycles. The molecular weight excluding hydrogens is 309 g/mol. The van der Waals surface area contributed by atoms with Gasteiger partial charge in [-0.3, -0.25) is 4.79 Å². The summed E-state index contributed by atoms with van der Waals surface area (Å²) in [6.07, 6.45) is 0.174. The fourth-order valence-corrected chi connectivity index (χ4v) is 2.43. The van der Waals surface area contributed by atoms with Gasteiger partial charge in [-0.2, -0.15) is 0 Å². The van der Waals surface area contributed by atoms with Crippen LogP contribution in [-0.2, 0) is 11.2 Å². The first-order valence-electron chi connectivity index (χ1n) is 6.38. The Hall–Kier alpha value is -1.71. The predicted octanol–water partition coefficient (Wildman–Crippen LogP) is 4.49. The number of halogens is 2. The van der Waals surface area contributed by atoms with Crippen LogP contribution in [0.2, 0.25) is 10.0 Å². The van der Waals surface area contributed by atoms with Gasteiger partial charge in [-0.1, -0.05) is 35.3 Å². The molecular formula is C16H15Cl2NO2. The van der Waals surface area contributed by atoms with Crippen molar-refractivity contribution < 1.29 is 9.53 Å². The van der Waals surface area contributed by atoms with Crippen molar-refractivity contribution in [2.24, 2.45) is 0 Å². The molecule has 0 saturated heterocycles. The minimum Gasteiger partial charge on any atom is -0.495 e. The van der Waals surface area contributed by atoms with Crippen LogP contribution in [0.1, 0.15) is 11.1 Å². The van der Waals surface area contributed by atoms with Gasteiger partial charge in [0.15, 0.2) is 0 Å². The number of hydrogen-bond acceptors (Lipinski definition) is 2. The van der Waals surface area contributed by atoms with E-state index in [1.165, 1.54) is 0 Å². The Morgan fingerprint density at radius 1 is 1.19 bits per heavy atom. The van der Waals surface area contributed by atoms with Crippen LogP contribution in [0, 0.1) is 6.92 Å². The van der Waals surface area contributed by atoms with Gasteiger partial charge in [0.1, 0.15) is 5.75 Å². The molecule has 0 bridgehead atoms. The highest BCUT2D eigenvalue weighted by atomic mass is 35.5. The maximum atomic E-state index is 12.1. The van der Waals surface area contributed by atoms with E-state index in [-0.39, 0.29) is 12.3 Å². The molecule has 0 heterocycles. The molecule has 0 unspecified atom stereocenters. The molecule has 3 nitrogen and oxygen atoms in total. The monoisotopic (exact) mass is 323 g/mol. The highest BCUT2D eigenvalue weighted by Crippen LogP contribution is 2.26. The Morgan fingerprint density at radius 3 is 2.62 bits per heavy atom. The molecule has 0 aliphatic carbocycles. The summed E-state index contributed by atoms with van der Waals surface area (Å²) in [5, 5.41) is 3.86. The molecule has 110 valence electrons. The number of rotatable bonds is 4. The van der Waals surface area contributed by atoms with E-state index >= 15 is 0 Å². The number of anilines is 1. The molecule has 2 rings (SSSR count). The summed E-state index contributed by atoms with van der Waals surface area (Å²) < 4.78 is 5.23. The molecule has 0 aliphatic heterocycles. The summed E-state index contributed by atoms with van der Waals surface area (Å²) in [6.45, 7) is 1.95. The summed E-state index contributed by atoms with van der Waals surface area (Å²) in [7, 11) is 1.57. The van der Waals surface area contributed by atoms with Crippen LogP contribution < -0.4 is 10.1 Å². The average molecular weight is 324 g/mol. The number of methoxy groups -OCH3 is 1. The number of carbonyl (C=O) groups excluding carboxylic acids is 1. The molecule has 0 atom stereocenters. The first kappa shape index (κ1) is 15.7. The van der Waals surface area contributed by atoms with Crippen LogP contribution in [-0.4, -0.2) is 13.0 Å². The topological polar surface area (TPSA) is 38.3 Å². The van der Waals surface area contributed by atoms with Gasteiger partial charge in [0, 0.05) is 10.0 Å². The summed E-state index contributed by atoms with van der Waals surface area (Å²) in [4.78, 5) is 12.1. The Morgan fingerprint density at radius 2 is 1.95 bits per heavy atom. The van der Waals surface area contributed by atoms with Crippen molar-refractivity contribution >= 4 is 34.8 Å². The smallest absolute Gasteiger partial charge is 0.228 e. The van der Waals surface area contributed by atoms with Crippen molar-refractivity contribution in [2.45, 2.75) is 13.3 Å². The maximum absolute atomic E-state index is 12.1. The molecule has 0 aliphatic rings. The molecule has 1 N–H and O–H groups in total. The van der Waals surface area contributed by atoms with Crippen molar-refractivity contribution in [3.05, 3.63) is 57.6 Å². The summed E-state index contributed by atoms with van der Waals surface area (Å²) in [5.74, 6) is 0.458. The highest BCUT2D eigenvalue weighted by Gasteiger charge is 2.11. The Balaban J connectivity index is 2.13. The number of nitrogens with one attached hydrogen (secondary N) is 1. The van der Waals surface area contributed by atoms with Crippen molar-refractivity contribution in [3.63, 3.8) is 0 Å². The number of amides is 1. The summed E-state index contributed by atoms with van der Waals surface area (Å²) in [6, 6.07) is 10.7. The highest BCUT2D eigenvalue weighted by molar-refractivity contribution is 6.35. The van der Waals surface area contributed by atoms with Gasteiger partial charge >= 0.3 is 0 Å². The number of hydrogen-bond donors (Lipinski definition) is 1. The second-order valence-corrected chi connectivity index (χ2v) is 5.51.